The molecular weight excluding hydrogens is 330 g/mol. The molecular formula is C16H25N3O4S. The van der Waals surface area contributed by atoms with E-state index in [4.69, 9.17) is 4.74 Å². The highest BCUT2D eigenvalue weighted by Crippen LogP contribution is 2.35. The number of hydrogen-bond acceptors (Lipinski definition) is 4. The first-order valence-electron chi connectivity index (χ1n) is 8.07. The second kappa shape index (κ2) is 7.74. The van der Waals surface area contributed by atoms with Gasteiger partial charge in [0, 0.05) is 18.8 Å². The molecule has 8 heteroatoms. The average Bonchev–Trinajstić information content (AvgIpc) is 2.52. The smallest absolute Gasteiger partial charge is 0.319 e. The van der Waals surface area contributed by atoms with Gasteiger partial charge in [-0.05, 0) is 37.0 Å². The van der Waals surface area contributed by atoms with Crippen molar-refractivity contribution in [3.63, 3.8) is 0 Å². The largest absolute Gasteiger partial charge is 0.495 e. The summed E-state index contributed by atoms with van der Waals surface area (Å²) in [7, 11) is -1.85. The number of carbonyl (C=O) groups is 1. The van der Waals surface area contributed by atoms with E-state index in [-0.39, 0.29) is 11.8 Å². The van der Waals surface area contributed by atoms with Crippen LogP contribution in [0.25, 0.3) is 0 Å². The first kappa shape index (κ1) is 18.4. The molecule has 1 fully saturated rings. The van der Waals surface area contributed by atoms with Crippen molar-refractivity contribution in [3.05, 3.63) is 18.2 Å². The molecule has 0 radical (unpaired) electrons. The second-order valence-corrected chi connectivity index (χ2v) is 8.22. The number of ether oxygens (including phenoxy) is 1. The van der Waals surface area contributed by atoms with Crippen LogP contribution in [0.15, 0.2) is 18.2 Å². The monoisotopic (exact) mass is 355 g/mol. The Labute approximate surface area is 143 Å². The van der Waals surface area contributed by atoms with E-state index >= 15 is 0 Å². The summed E-state index contributed by atoms with van der Waals surface area (Å²) in [4.78, 5) is 11.9. The predicted molar refractivity (Wildman–Crippen MR) is 95.2 cm³/mol. The first-order chi connectivity index (χ1) is 11.3. The van der Waals surface area contributed by atoms with Gasteiger partial charge in [-0.15, -0.1) is 0 Å². The number of methoxy groups -OCH3 is 1. The Morgan fingerprint density at radius 2 is 2.08 bits per heavy atom. The van der Waals surface area contributed by atoms with Crippen LogP contribution in [-0.2, 0) is 10.0 Å². The molecule has 1 aliphatic rings. The minimum absolute atomic E-state index is 0.128. The quantitative estimate of drug-likeness (QED) is 0.849. The Morgan fingerprint density at radius 3 is 2.71 bits per heavy atom. The van der Waals surface area contributed by atoms with Gasteiger partial charge >= 0.3 is 6.03 Å². The molecule has 0 atom stereocenters. The zero-order chi connectivity index (χ0) is 17.7. The highest BCUT2D eigenvalue weighted by Gasteiger charge is 2.28. The number of nitrogens with one attached hydrogen (secondary N) is 2. The maximum Gasteiger partial charge on any atom is 0.319 e. The Hall–Kier alpha value is -1.96. The molecule has 134 valence electrons. The van der Waals surface area contributed by atoms with Gasteiger partial charge in [0.15, 0.2) is 0 Å². The summed E-state index contributed by atoms with van der Waals surface area (Å²) in [5.74, 6) is 0.942. The van der Waals surface area contributed by atoms with Crippen LogP contribution in [0.5, 0.6) is 5.75 Å². The number of rotatable bonds is 5. The summed E-state index contributed by atoms with van der Waals surface area (Å²) in [5, 5.41) is 5.49. The van der Waals surface area contributed by atoms with Crippen LogP contribution >= 0.6 is 0 Å². The Morgan fingerprint density at radius 1 is 1.33 bits per heavy atom. The van der Waals surface area contributed by atoms with Gasteiger partial charge in [0.25, 0.3) is 0 Å². The Balaban J connectivity index is 2.23. The van der Waals surface area contributed by atoms with Crippen molar-refractivity contribution in [2.75, 3.05) is 35.6 Å². The molecule has 2 rings (SSSR count). The molecule has 24 heavy (non-hydrogen) atoms. The number of benzene rings is 1. The first-order valence-corrected chi connectivity index (χ1v) is 9.67. The van der Waals surface area contributed by atoms with Crippen LogP contribution < -0.4 is 19.7 Å². The van der Waals surface area contributed by atoms with E-state index in [0.29, 0.717) is 42.6 Å². The van der Waals surface area contributed by atoms with Crippen molar-refractivity contribution >= 4 is 27.4 Å². The molecule has 0 aromatic heterocycles. The van der Waals surface area contributed by atoms with Crippen LogP contribution in [0.1, 0.15) is 26.7 Å². The lowest BCUT2D eigenvalue weighted by atomic mass is 10.2. The average molecular weight is 355 g/mol. The Kier molecular flexibility index (Phi) is 5.93. The molecule has 2 amide bonds. The molecule has 0 aliphatic carbocycles. The Bertz CT molecular complexity index is 689. The summed E-state index contributed by atoms with van der Waals surface area (Å²) in [6, 6.07) is 4.67. The minimum atomic E-state index is -3.35. The van der Waals surface area contributed by atoms with E-state index < -0.39 is 10.0 Å². The zero-order valence-corrected chi connectivity index (χ0v) is 15.1. The molecule has 1 aromatic carbocycles. The number of anilines is 2. The fourth-order valence-electron chi connectivity index (χ4n) is 2.49. The van der Waals surface area contributed by atoms with Gasteiger partial charge in [0.2, 0.25) is 10.0 Å². The van der Waals surface area contributed by atoms with Crippen LogP contribution in [0.2, 0.25) is 0 Å². The minimum Gasteiger partial charge on any atom is -0.495 e. The van der Waals surface area contributed by atoms with E-state index in [1.54, 1.807) is 18.2 Å². The summed E-state index contributed by atoms with van der Waals surface area (Å²) >= 11 is 0. The maximum absolute atomic E-state index is 12.3. The zero-order valence-electron chi connectivity index (χ0n) is 14.3. The standard InChI is InChI=1S/C16H25N3O4S/c1-12(2)11-17-16(20)18-13-6-7-15(23-3)14(10-13)19-8-4-5-9-24(19,21)22/h6-7,10,12H,4-5,8-9,11H2,1-3H3,(H2,17,18,20). The molecule has 1 saturated heterocycles. The number of carbonyl (C=O) groups excluding carboxylic acids is 1. The lowest BCUT2D eigenvalue weighted by Crippen LogP contribution is -2.38. The highest BCUT2D eigenvalue weighted by atomic mass is 32.2. The SMILES string of the molecule is COc1ccc(NC(=O)NCC(C)C)cc1N1CCCCS1(=O)=O. The molecule has 1 aromatic rings. The molecule has 7 nitrogen and oxygen atoms in total. The molecule has 1 aliphatic heterocycles. The van der Waals surface area contributed by atoms with Gasteiger partial charge < -0.3 is 15.4 Å². The van der Waals surface area contributed by atoms with Gasteiger partial charge in [-0.1, -0.05) is 13.8 Å². The van der Waals surface area contributed by atoms with Gasteiger partial charge in [-0.3, -0.25) is 4.31 Å². The highest BCUT2D eigenvalue weighted by molar-refractivity contribution is 7.92. The fourth-order valence-corrected chi connectivity index (χ4v) is 4.13. The lowest BCUT2D eigenvalue weighted by Gasteiger charge is -2.29. The van der Waals surface area contributed by atoms with Crippen molar-refractivity contribution < 1.29 is 17.9 Å². The molecule has 0 saturated carbocycles. The number of urea groups is 1. The van der Waals surface area contributed by atoms with E-state index in [2.05, 4.69) is 10.6 Å². The van der Waals surface area contributed by atoms with Crippen LogP contribution in [0.3, 0.4) is 0 Å². The third kappa shape index (κ3) is 4.53. The number of amides is 2. The molecule has 2 N–H and O–H groups in total. The van der Waals surface area contributed by atoms with E-state index in [9.17, 15) is 13.2 Å². The van der Waals surface area contributed by atoms with Gasteiger partial charge in [-0.2, -0.15) is 0 Å². The van der Waals surface area contributed by atoms with Crippen molar-refractivity contribution in [1.29, 1.82) is 0 Å². The van der Waals surface area contributed by atoms with Gasteiger partial charge in [0.05, 0.1) is 18.6 Å². The number of hydrogen-bond donors (Lipinski definition) is 2. The van der Waals surface area contributed by atoms with Gasteiger partial charge in [-0.25, -0.2) is 13.2 Å². The van der Waals surface area contributed by atoms with E-state index in [0.717, 1.165) is 6.42 Å². The maximum atomic E-state index is 12.3. The molecule has 0 unspecified atom stereocenters. The van der Waals surface area contributed by atoms with Crippen molar-refractivity contribution in [1.82, 2.24) is 5.32 Å². The topological polar surface area (TPSA) is 87.7 Å². The fraction of sp³-hybridized carbons (Fsp3) is 0.562. The third-order valence-corrected chi connectivity index (χ3v) is 5.58. The van der Waals surface area contributed by atoms with E-state index in [1.165, 1.54) is 11.4 Å². The van der Waals surface area contributed by atoms with Crippen LogP contribution in [-0.4, -0.2) is 40.4 Å². The summed E-state index contributed by atoms with van der Waals surface area (Å²) in [5.41, 5.74) is 0.978. The summed E-state index contributed by atoms with van der Waals surface area (Å²) in [6.45, 7) is 5.00. The second-order valence-electron chi connectivity index (χ2n) is 6.21. The lowest BCUT2D eigenvalue weighted by molar-refractivity contribution is 0.251. The van der Waals surface area contributed by atoms with Crippen molar-refractivity contribution in [2.45, 2.75) is 26.7 Å². The number of sulfonamides is 1. The predicted octanol–water partition coefficient (Wildman–Crippen LogP) is 2.40. The number of nitrogens with zero attached hydrogens (tertiary/aromatic N) is 1. The normalized spacial score (nSPS) is 16.8. The van der Waals surface area contributed by atoms with Crippen LogP contribution in [0.4, 0.5) is 16.2 Å². The van der Waals surface area contributed by atoms with Crippen molar-refractivity contribution in [2.24, 2.45) is 5.92 Å². The summed E-state index contributed by atoms with van der Waals surface area (Å²) < 4.78 is 31.3. The molecule has 0 bridgehead atoms. The van der Waals surface area contributed by atoms with Crippen LogP contribution in [0, 0.1) is 5.92 Å². The van der Waals surface area contributed by atoms with Crippen molar-refractivity contribution in [3.8, 4) is 5.75 Å². The molecule has 1 heterocycles. The van der Waals surface area contributed by atoms with Gasteiger partial charge in [0.1, 0.15) is 5.75 Å². The third-order valence-electron chi connectivity index (χ3n) is 3.73. The van der Waals surface area contributed by atoms with E-state index in [1.807, 2.05) is 13.8 Å². The molecule has 0 spiro atoms. The summed E-state index contributed by atoms with van der Waals surface area (Å²) in [6.07, 6.45) is 1.46.